The standard InChI is InChI=1S/C8H11ClN2/c1-6(11-10)7-4-2-3-5-8(7)9/h2-6,11H,10H2,1H3/t6-/m1/s1. The van der Waals surface area contributed by atoms with Crippen LogP contribution in [-0.2, 0) is 0 Å². The van der Waals surface area contributed by atoms with E-state index in [1.165, 1.54) is 0 Å². The number of nitrogens with two attached hydrogens (primary N) is 1. The van der Waals surface area contributed by atoms with Gasteiger partial charge in [-0.3, -0.25) is 11.3 Å². The first kappa shape index (κ1) is 8.53. The molecule has 0 radical (unpaired) electrons. The predicted octanol–water partition coefficient (Wildman–Crippen LogP) is 1.86. The Morgan fingerprint density at radius 2 is 2.09 bits per heavy atom. The highest BCUT2D eigenvalue weighted by molar-refractivity contribution is 6.31. The van der Waals surface area contributed by atoms with Gasteiger partial charge in [-0.2, -0.15) is 0 Å². The first-order valence-corrected chi connectivity index (χ1v) is 3.84. The maximum absolute atomic E-state index is 5.90. The second kappa shape index (κ2) is 3.72. The Labute approximate surface area is 71.3 Å². The number of benzene rings is 1. The fourth-order valence-corrected chi connectivity index (χ4v) is 1.22. The minimum Gasteiger partial charge on any atom is -0.271 e. The molecule has 0 fully saturated rings. The molecule has 0 saturated heterocycles. The minimum absolute atomic E-state index is 0.101. The van der Waals surface area contributed by atoms with E-state index in [1.54, 1.807) is 0 Å². The second-order valence-electron chi connectivity index (χ2n) is 2.41. The van der Waals surface area contributed by atoms with E-state index >= 15 is 0 Å². The summed E-state index contributed by atoms with van der Waals surface area (Å²) >= 11 is 5.90. The molecule has 0 amide bonds. The highest BCUT2D eigenvalue weighted by Crippen LogP contribution is 2.20. The van der Waals surface area contributed by atoms with Crippen molar-refractivity contribution in [3.63, 3.8) is 0 Å². The molecule has 1 rings (SSSR count). The molecule has 11 heavy (non-hydrogen) atoms. The van der Waals surface area contributed by atoms with Crippen LogP contribution in [0.4, 0.5) is 0 Å². The molecule has 0 heterocycles. The number of hydrogen-bond acceptors (Lipinski definition) is 2. The van der Waals surface area contributed by atoms with Gasteiger partial charge < -0.3 is 0 Å². The number of nitrogens with one attached hydrogen (secondary N) is 1. The van der Waals surface area contributed by atoms with Gasteiger partial charge >= 0.3 is 0 Å². The number of rotatable bonds is 2. The van der Waals surface area contributed by atoms with Gasteiger partial charge in [0, 0.05) is 11.1 Å². The first-order valence-electron chi connectivity index (χ1n) is 3.46. The Bertz CT molecular complexity index is 237. The zero-order valence-corrected chi connectivity index (χ0v) is 7.10. The summed E-state index contributed by atoms with van der Waals surface area (Å²) in [6, 6.07) is 7.74. The second-order valence-corrected chi connectivity index (χ2v) is 2.82. The summed E-state index contributed by atoms with van der Waals surface area (Å²) in [5.41, 5.74) is 3.66. The van der Waals surface area contributed by atoms with Gasteiger partial charge in [0.2, 0.25) is 0 Å². The molecule has 3 N–H and O–H groups in total. The van der Waals surface area contributed by atoms with Crippen molar-refractivity contribution in [3.05, 3.63) is 34.9 Å². The van der Waals surface area contributed by atoms with E-state index in [4.69, 9.17) is 17.4 Å². The molecule has 1 aromatic rings. The van der Waals surface area contributed by atoms with Gasteiger partial charge in [-0.1, -0.05) is 29.8 Å². The smallest absolute Gasteiger partial charge is 0.0454 e. The van der Waals surface area contributed by atoms with Crippen molar-refractivity contribution in [1.82, 2.24) is 5.43 Å². The maximum Gasteiger partial charge on any atom is 0.0454 e. The lowest BCUT2D eigenvalue weighted by molar-refractivity contribution is 0.603. The van der Waals surface area contributed by atoms with Crippen LogP contribution in [0.25, 0.3) is 0 Å². The first-order chi connectivity index (χ1) is 5.25. The summed E-state index contributed by atoms with van der Waals surface area (Å²) in [5, 5.41) is 0.748. The van der Waals surface area contributed by atoms with Crippen LogP contribution in [0.2, 0.25) is 5.02 Å². The third-order valence-corrected chi connectivity index (χ3v) is 1.97. The van der Waals surface area contributed by atoms with Gasteiger partial charge in [0.05, 0.1) is 0 Å². The molecule has 60 valence electrons. The third-order valence-electron chi connectivity index (χ3n) is 1.62. The molecule has 3 heteroatoms. The summed E-state index contributed by atoms with van der Waals surface area (Å²) in [4.78, 5) is 0. The molecule has 1 aromatic carbocycles. The van der Waals surface area contributed by atoms with Crippen molar-refractivity contribution < 1.29 is 0 Å². The van der Waals surface area contributed by atoms with Crippen molar-refractivity contribution in [3.8, 4) is 0 Å². The van der Waals surface area contributed by atoms with Gasteiger partial charge in [-0.15, -0.1) is 0 Å². The van der Waals surface area contributed by atoms with E-state index in [0.717, 1.165) is 10.6 Å². The quantitative estimate of drug-likeness (QED) is 0.525. The molecule has 2 nitrogen and oxygen atoms in total. The SMILES string of the molecule is C[C@@H](NN)c1ccccc1Cl. The van der Waals surface area contributed by atoms with Crippen LogP contribution in [0.5, 0.6) is 0 Å². The number of hydrazine groups is 1. The average molecular weight is 171 g/mol. The van der Waals surface area contributed by atoms with Gasteiger partial charge in [0.15, 0.2) is 0 Å². The van der Waals surface area contributed by atoms with Crippen LogP contribution in [0.1, 0.15) is 18.5 Å². The average Bonchev–Trinajstić information content (AvgIpc) is 2.04. The highest BCUT2D eigenvalue weighted by Gasteiger charge is 2.05. The fourth-order valence-electron chi connectivity index (χ4n) is 0.916. The van der Waals surface area contributed by atoms with Crippen LogP contribution in [0.3, 0.4) is 0 Å². The van der Waals surface area contributed by atoms with E-state index < -0.39 is 0 Å². The molecular formula is C8H11ClN2. The van der Waals surface area contributed by atoms with Crippen molar-refractivity contribution in [2.24, 2.45) is 5.84 Å². The Morgan fingerprint density at radius 3 is 2.64 bits per heavy atom. The molecule has 0 saturated carbocycles. The van der Waals surface area contributed by atoms with Crippen LogP contribution >= 0.6 is 11.6 Å². The summed E-state index contributed by atoms with van der Waals surface area (Å²) in [7, 11) is 0. The molecule has 1 atom stereocenters. The predicted molar refractivity (Wildman–Crippen MR) is 47.2 cm³/mol. The molecule has 0 aliphatic heterocycles. The number of halogens is 1. The highest BCUT2D eigenvalue weighted by atomic mass is 35.5. The van der Waals surface area contributed by atoms with E-state index in [2.05, 4.69) is 5.43 Å². The third kappa shape index (κ3) is 1.93. The minimum atomic E-state index is 0.101. The van der Waals surface area contributed by atoms with E-state index in [1.807, 2.05) is 31.2 Å². The summed E-state index contributed by atoms with van der Waals surface area (Å²) < 4.78 is 0. The van der Waals surface area contributed by atoms with Crippen molar-refractivity contribution in [2.45, 2.75) is 13.0 Å². The van der Waals surface area contributed by atoms with Crippen molar-refractivity contribution in [2.75, 3.05) is 0 Å². The van der Waals surface area contributed by atoms with Crippen molar-refractivity contribution >= 4 is 11.6 Å². The van der Waals surface area contributed by atoms with Gasteiger partial charge in [-0.25, -0.2) is 0 Å². The van der Waals surface area contributed by atoms with E-state index in [0.29, 0.717) is 0 Å². The van der Waals surface area contributed by atoms with Gasteiger partial charge in [0.1, 0.15) is 0 Å². The molecular weight excluding hydrogens is 160 g/mol. The molecule has 0 aliphatic rings. The lowest BCUT2D eigenvalue weighted by atomic mass is 10.1. The van der Waals surface area contributed by atoms with Crippen LogP contribution in [0, 0.1) is 0 Å². The lowest BCUT2D eigenvalue weighted by Crippen LogP contribution is -2.25. The zero-order chi connectivity index (χ0) is 8.27. The molecule has 0 aromatic heterocycles. The summed E-state index contributed by atoms with van der Waals surface area (Å²) in [5.74, 6) is 5.26. The summed E-state index contributed by atoms with van der Waals surface area (Å²) in [6.07, 6.45) is 0. The lowest BCUT2D eigenvalue weighted by Gasteiger charge is -2.10. The Hall–Kier alpha value is -0.570. The Morgan fingerprint density at radius 1 is 1.45 bits per heavy atom. The topological polar surface area (TPSA) is 38.0 Å². The zero-order valence-electron chi connectivity index (χ0n) is 6.34. The Kier molecular flexibility index (Phi) is 2.88. The number of hydrogen-bond donors (Lipinski definition) is 2. The largest absolute Gasteiger partial charge is 0.271 e. The maximum atomic E-state index is 5.90. The van der Waals surface area contributed by atoms with Gasteiger partial charge in [0.25, 0.3) is 0 Å². The van der Waals surface area contributed by atoms with Crippen LogP contribution in [-0.4, -0.2) is 0 Å². The molecule has 0 spiro atoms. The van der Waals surface area contributed by atoms with E-state index in [-0.39, 0.29) is 6.04 Å². The molecule has 0 unspecified atom stereocenters. The Balaban J connectivity index is 2.93. The van der Waals surface area contributed by atoms with Crippen molar-refractivity contribution in [1.29, 1.82) is 0 Å². The molecule has 0 bridgehead atoms. The van der Waals surface area contributed by atoms with Crippen LogP contribution in [0.15, 0.2) is 24.3 Å². The normalized spacial score (nSPS) is 13.0. The van der Waals surface area contributed by atoms with E-state index in [9.17, 15) is 0 Å². The van der Waals surface area contributed by atoms with Crippen LogP contribution < -0.4 is 11.3 Å². The molecule has 0 aliphatic carbocycles. The fraction of sp³-hybridized carbons (Fsp3) is 0.250. The monoisotopic (exact) mass is 170 g/mol. The summed E-state index contributed by atoms with van der Waals surface area (Å²) in [6.45, 7) is 1.96. The van der Waals surface area contributed by atoms with Gasteiger partial charge in [-0.05, 0) is 18.6 Å².